The van der Waals surface area contributed by atoms with Crippen LogP contribution in [0.3, 0.4) is 0 Å². The number of nitrogen functional groups attached to an aromatic ring is 1. The van der Waals surface area contributed by atoms with E-state index in [4.69, 9.17) is 5.73 Å². The van der Waals surface area contributed by atoms with Crippen LogP contribution < -0.4 is 11.3 Å². The fourth-order valence-corrected chi connectivity index (χ4v) is 2.76. The summed E-state index contributed by atoms with van der Waals surface area (Å²) in [6.45, 7) is 0. The average Bonchev–Trinajstić information content (AvgIpc) is 2.40. The molecule has 1 fully saturated rings. The van der Waals surface area contributed by atoms with Crippen molar-refractivity contribution in [1.29, 1.82) is 0 Å². The van der Waals surface area contributed by atoms with Gasteiger partial charge in [-0.15, -0.1) is 0 Å². The fraction of sp³-hybridized carbons (Fsp3) is 0.538. The third kappa shape index (κ3) is 2.57. The van der Waals surface area contributed by atoms with E-state index in [-0.39, 0.29) is 17.0 Å². The molecule has 0 saturated heterocycles. The van der Waals surface area contributed by atoms with E-state index in [0.29, 0.717) is 11.6 Å². The van der Waals surface area contributed by atoms with E-state index < -0.39 is 0 Å². The fourth-order valence-electron chi connectivity index (χ4n) is 2.76. The number of aromatic nitrogens is 4. The quantitative estimate of drug-likeness (QED) is 0.850. The third-order valence-electron chi connectivity index (χ3n) is 3.71. The molecule has 2 aromatic rings. The highest BCUT2D eigenvalue weighted by molar-refractivity contribution is 5.69. The van der Waals surface area contributed by atoms with Gasteiger partial charge < -0.3 is 5.73 Å². The Balaban J connectivity index is 1.90. The van der Waals surface area contributed by atoms with Gasteiger partial charge in [0.25, 0.3) is 5.56 Å². The van der Waals surface area contributed by atoms with Gasteiger partial charge in [-0.1, -0.05) is 32.1 Å². The number of hydrogen-bond donors (Lipinski definition) is 2. The summed E-state index contributed by atoms with van der Waals surface area (Å²) in [5, 5.41) is 0. The standard InChI is InChI=1S/C13H17N5O/c14-13-17-11-10(12(19)18-13)16-9(7-15-11)6-8-4-2-1-3-5-8/h7-8H,1-6H2,(H3,14,15,17,18,19). The number of nitrogens with zero attached hydrogens (tertiary/aromatic N) is 3. The minimum atomic E-state index is -0.319. The SMILES string of the molecule is Nc1nc2ncc(CC3CCCCC3)nc2c(=O)[nH]1. The number of H-pyrrole nitrogens is 1. The highest BCUT2D eigenvalue weighted by atomic mass is 16.1. The molecule has 0 atom stereocenters. The monoisotopic (exact) mass is 259 g/mol. The Morgan fingerprint density at radius 1 is 1.26 bits per heavy atom. The van der Waals surface area contributed by atoms with Crippen molar-refractivity contribution in [3.63, 3.8) is 0 Å². The molecule has 0 amide bonds. The van der Waals surface area contributed by atoms with Crippen LogP contribution in [0.2, 0.25) is 0 Å². The lowest BCUT2D eigenvalue weighted by molar-refractivity contribution is 0.354. The van der Waals surface area contributed by atoms with Gasteiger partial charge in [-0.2, -0.15) is 4.98 Å². The summed E-state index contributed by atoms with van der Waals surface area (Å²) in [6, 6.07) is 0. The maximum Gasteiger partial charge on any atom is 0.280 e. The van der Waals surface area contributed by atoms with Crippen LogP contribution in [0.5, 0.6) is 0 Å². The highest BCUT2D eigenvalue weighted by Crippen LogP contribution is 2.26. The lowest BCUT2D eigenvalue weighted by Crippen LogP contribution is -2.16. The average molecular weight is 259 g/mol. The molecule has 2 heterocycles. The van der Waals surface area contributed by atoms with Crippen LogP contribution in [-0.2, 0) is 6.42 Å². The van der Waals surface area contributed by atoms with Crippen molar-refractivity contribution in [1.82, 2.24) is 19.9 Å². The van der Waals surface area contributed by atoms with Crippen LogP contribution in [-0.4, -0.2) is 19.9 Å². The second kappa shape index (κ2) is 4.95. The molecule has 6 heteroatoms. The zero-order valence-corrected chi connectivity index (χ0v) is 10.7. The first kappa shape index (κ1) is 12.1. The molecule has 0 spiro atoms. The van der Waals surface area contributed by atoms with E-state index in [1.165, 1.54) is 32.1 Å². The molecule has 2 aromatic heterocycles. The Hall–Kier alpha value is -1.98. The van der Waals surface area contributed by atoms with E-state index in [9.17, 15) is 4.79 Å². The van der Waals surface area contributed by atoms with Crippen molar-refractivity contribution in [3.05, 3.63) is 22.2 Å². The Morgan fingerprint density at radius 2 is 2.05 bits per heavy atom. The van der Waals surface area contributed by atoms with Gasteiger partial charge in [-0.3, -0.25) is 9.78 Å². The summed E-state index contributed by atoms with van der Waals surface area (Å²) < 4.78 is 0. The smallest absolute Gasteiger partial charge is 0.280 e. The molecule has 0 radical (unpaired) electrons. The van der Waals surface area contributed by atoms with Crippen molar-refractivity contribution in [2.75, 3.05) is 5.73 Å². The normalized spacial score (nSPS) is 16.8. The first-order valence-electron chi connectivity index (χ1n) is 6.74. The van der Waals surface area contributed by atoms with Crippen LogP contribution in [0, 0.1) is 5.92 Å². The highest BCUT2D eigenvalue weighted by Gasteiger charge is 2.15. The lowest BCUT2D eigenvalue weighted by atomic mass is 9.86. The second-order valence-corrected chi connectivity index (χ2v) is 5.19. The van der Waals surface area contributed by atoms with Gasteiger partial charge in [0, 0.05) is 0 Å². The zero-order chi connectivity index (χ0) is 13.2. The van der Waals surface area contributed by atoms with Crippen LogP contribution in [0.25, 0.3) is 11.2 Å². The summed E-state index contributed by atoms with van der Waals surface area (Å²) in [4.78, 5) is 26.8. The third-order valence-corrected chi connectivity index (χ3v) is 3.71. The lowest BCUT2D eigenvalue weighted by Gasteiger charge is -2.20. The second-order valence-electron chi connectivity index (χ2n) is 5.19. The number of nitrogens with one attached hydrogen (secondary N) is 1. The number of hydrogen-bond acceptors (Lipinski definition) is 5. The van der Waals surface area contributed by atoms with Crippen molar-refractivity contribution in [2.24, 2.45) is 5.92 Å². The Kier molecular flexibility index (Phi) is 3.15. The van der Waals surface area contributed by atoms with Gasteiger partial charge in [0.2, 0.25) is 5.95 Å². The van der Waals surface area contributed by atoms with Gasteiger partial charge in [0.15, 0.2) is 11.2 Å². The van der Waals surface area contributed by atoms with Crippen LogP contribution in [0.1, 0.15) is 37.8 Å². The maximum absolute atomic E-state index is 11.8. The summed E-state index contributed by atoms with van der Waals surface area (Å²) in [6.07, 6.45) is 9.03. The largest absolute Gasteiger partial charge is 0.369 e. The summed E-state index contributed by atoms with van der Waals surface area (Å²) >= 11 is 0. The molecule has 1 aliphatic carbocycles. The number of rotatable bonds is 2. The number of nitrogens with two attached hydrogens (primary N) is 1. The molecule has 0 aliphatic heterocycles. The van der Waals surface area contributed by atoms with E-state index in [1.807, 2.05) is 0 Å². The maximum atomic E-state index is 11.8. The minimum absolute atomic E-state index is 0.0758. The van der Waals surface area contributed by atoms with Gasteiger partial charge >= 0.3 is 0 Å². The Morgan fingerprint density at radius 3 is 2.84 bits per heavy atom. The molecule has 6 nitrogen and oxygen atoms in total. The molecule has 0 aromatic carbocycles. The minimum Gasteiger partial charge on any atom is -0.369 e. The molecule has 1 saturated carbocycles. The molecule has 3 rings (SSSR count). The predicted octanol–water partition coefficient (Wildman–Crippen LogP) is 1.42. The topological polar surface area (TPSA) is 97.5 Å². The molecule has 0 bridgehead atoms. The first-order valence-corrected chi connectivity index (χ1v) is 6.74. The van der Waals surface area contributed by atoms with E-state index in [1.54, 1.807) is 6.20 Å². The molecule has 3 N–H and O–H groups in total. The number of aromatic amines is 1. The van der Waals surface area contributed by atoms with Gasteiger partial charge in [-0.05, 0) is 12.3 Å². The molecular weight excluding hydrogens is 242 g/mol. The molecule has 100 valence electrons. The van der Waals surface area contributed by atoms with E-state index >= 15 is 0 Å². The van der Waals surface area contributed by atoms with Crippen molar-refractivity contribution >= 4 is 17.1 Å². The van der Waals surface area contributed by atoms with Gasteiger partial charge in [-0.25, -0.2) is 9.97 Å². The van der Waals surface area contributed by atoms with Crippen molar-refractivity contribution in [3.8, 4) is 0 Å². The molecule has 19 heavy (non-hydrogen) atoms. The van der Waals surface area contributed by atoms with Crippen molar-refractivity contribution < 1.29 is 0 Å². The zero-order valence-electron chi connectivity index (χ0n) is 10.7. The predicted molar refractivity (Wildman–Crippen MR) is 72.6 cm³/mol. The van der Waals surface area contributed by atoms with Crippen LogP contribution in [0.4, 0.5) is 5.95 Å². The van der Waals surface area contributed by atoms with Crippen LogP contribution in [0.15, 0.2) is 11.0 Å². The number of fused-ring (bicyclic) bond motifs is 1. The molecule has 1 aliphatic rings. The molecule has 0 unspecified atom stereocenters. The summed E-state index contributed by atoms with van der Waals surface area (Å²) in [5.74, 6) is 0.744. The van der Waals surface area contributed by atoms with Crippen LogP contribution >= 0.6 is 0 Å². The van der Waals surface area contributed by atoms with Crippen molar-refractivity contribution in [2.45, 2.75) is 38.5 Å². The van der Waals surface area contributed by atoms with E-state index in [2.05, 4.69) is 19.9 Å². The van der Waals surface area contributed by atoms with Gasteiger partial charge in [0.1, 0.15) is 0 Å². The number of anilines is 1. The first-order chi connectivity index (χ1) is 9.22. The molecular formula is C13H17N5O. The summed E-state index contributed by atoms with van der Waals surface area (Å²) in [5.41, 5.74) is 6.62. The Labute approximate surface area is 110 Å². The van der Waals surface area contributed by atoms with Gasteiger partial charge in [0.05, 0.1) is 11.9 Å². The Bertz CT molecular complexity index is 645. The summed E-state index contributed by atoms with van der Waals surface area (Å²) in [7, 11) is 0. The van der Waals surface area contributed by atoms with E-state index in [0.717, 1.165) is 12.1 Å².